The largest absolute Gasteiger partial charge is 0.436 e. The Balaban J connectivity index is 1.16. The van der Waals surface area contributed by atoms with Crippen LogP contribution in [-0.2, 0) is 0 Å². The molecule has 1 aliphatic rings. The minimum absolute atomic E-state index is 0.637. The Labute approximate surface area is 271 Å². The molecule has 0 radical (unpaired) electrons. The van der Waals surface area contributed by atoms with E-state index in [2.05, 4.69) is 137 Å². The maximum atomic E-state index is 6.22. The predicted octanol–water partition coefficient (Wildman–Crippen LogP) is 11.7. The van der Waals surface area contributed by atoms with E-state index in [1.807, 2.05) is 36.4 Å². The number of benzene rings is 7. The Hall–Kier alpha value is -6.39. The highest BCUT2D eigenvalue weighted by atomic mass is 16.3. The van der Waals surface area contributed by atoms with Gasteiger partial charge in [0.2, 0.25) is 5.89 Å². The van der Waals surface area contributed by atoms with E-state index >= 15 is 0 Å². The summed E-state index contributed by atoms with van der Waals surface area (Å²) in [6.07, 6.45) is 0. The van der Waals surface area contributed by atoms with Crippen LogP contribution < -0.4 is 4.90 Å². The summed E-state index contributed by atoms with van der Waals surface area (Å²) >= 11 is 0. The van der Waals surface area contributed by atoms with Gasteiger partial charge in [0, 0.05) is 22.0 Å². The molecule has 4 nitrogen and oxygen atoms in total. The molecular weight excluding hydrogens is 574 g/mol. The van der Waals surface area contributed by atoms with Crippen molar-refractivity contribution in [1.82, 2.24) is 9.55 Å². The molecule has 10 rings (SSSR count). The Kier molecular flexibility index (Phi) is 5.54. The van der Waals surface area contributed by atoms with Crippen molar-refractivity contribution < 1.29 is 4.42 Å². The highest BCUT2D eigenvalue weighted by Gasteiger charge is 2.29. The van der Waals surface area contributed by atoms with Crippen molar-refractivity contribution in [2.75, 3.05) is 4.90 Å². The number of rotatable bonds is 4. The lowest BCUT2D eigenvalue weighted by Gasteiger charge is -2.33. The van der Waals surface area contributed by atoms with E-state index in [-0.39, 0.29) is 0 Å². The van der Waals surface area contributed by atoms with Crippen molar-refractivity contribution in [3.8, 4) is 39.4 Å². The van der Waals surface area contributed by atoms with Crippen LogP contribution in [0.2, 0.25) is 0 Å². The molecule has 0 bridgehead atoms. The highest BCUT2D eigenvalue weighted by molar-refractivity contribution is 6.18. The SMILES string of the molecule is c1ccc(-c2nc3ccc(-c4cccc(-c5cc6c7c(c5)c5ccccc5n7-c5ccccc5N6c5ccccc5)c4)cc3o2)cc1. The monoisotopic (exact) mass is 601 g/mol. The molecule has 0 aliphatic carbocycles. The lowest BCUT2D eigenvalue weighted by atomic mass is 9.96. The van der Waals surface area contributed by atoms with Gasteiger partial charge in [0.15, 0.2) is 5.58 Å². The first-order valence-corrected chi connectivity index (χ1v) is 15.9. The maximum Gasteiger partial charge on any atom is 0.227 e. The fraction of sp³-hybridized carbons (Fsp3) is 0. The van der Waals surface area contributed by atoms with Gasteiger partial charge in [-0.3, -0.25) is 0 Å². The molecule has 0 amide bonds. The Morgan fingerprint density at radius 2 is 1.13 bits per heavy atom. The first-order chi connectivity index (χ1) is 23.3. The molecular formula is C43H27N3O. The molecule has 0 N–H and O–H groups in total. The van der Waals surface area contributed by atoms with Crippen LogP contribution >= 0.6 is 0 Å². The molecule has 1 aliphatic heterocycles. The van der Waals surface area contributed by atoms with Crippen LogP contribution in [0.15, 0.2) is 168 Å². The van der Waals surface area contributed by atoms with Crippen LogP contribution in [0.25, 0.3) is 72.3 Å². The van der Waals surface area contributed by atoms with Crippen LogP contribution in [-0.4, -0.2) is 9.55 Å². The second kappa shape index (κ2) is 10.1. The Morgan fingerprint density at radius 3 is 1.98 bits per heavy atom. The number of hydrogen-bond acceptors (Lipinski definition) is 3. The summed E-state index contributed by atoms with van der Waals surface area (Å²) in [5.41, 5.74) is 14.2. The first-order valence-electron chi connectivity index (χ1n) is 15.9. The van der Waals surface area contributed by atoms with Gasteiger partial charge in [0.1, 0.15) is 5.52 Å². The summed E-state index contributed by atoms with van der Waals surface area (Å²) in [5.74, 6) is 0.637. The van der Waals surface area contributed by atoms with Gasteiger partial charge < -0.3 is 13.9 Å². The van der Waals surface area contributed by atoms with Crippen molar-refractivity contribution >= 4 is 50.0 Å². The number of aromatic nitrogens is 2. The smallest absolute Gasteiger partial charge is 0.227 e. The standard InChI is InChI=1S/C43H27N3O/c1-3-12-28(13-4-1)43-44-36-23-22-31(27-41(36)47-43)29-14-11-15-30(24-29)32-25-35-34-18-7-8-19-37(34)46-39-21-10-9-20-38(39)45(40(26-32)42(35)46)33-16-5-2-6-17-33/h1-27H. The summed E-state index contributed by atoms with van der Waals surface area (Å²) < 4.78 is 8.66. The van der Waals surface area contributed by atoms with Gasteiger partial charge in [0.05, 0.1) is 28.1 Å². The minimum atomic E-state index is 0.637. The Bertz CT molecular complexity index is 2630. The van der Waals surface area contributed by atoms with Crippen molar-refractivity contribution in [2.24, 2.45) is 0 Å². The van der Waals surface area contributed by atoms with Crippen molar-refractivity contribution in [2.45, 2.75) is 0 Å². The molecule has 0 saturated carbocycles. The van der Waals surface area contributed by atoms with E-state index in [1.165, 1.54) is 38.7 Å². The quantitative estimate of drug-likeness (QED) is 0.201. The topological polar surface area (TPSA) is 34.2 Å². The molecule has 0 unspecified atom stereocenters. The number of fused-ring (bicyclic) bond motifs is 6. The molecule has 4 heteroatoms. The van der Waals surface area contributed by atoms with E-state index in [0.29, 0.717) is 5.89 Å². The number of anilines is 3. The molecule has 0 saturated heterocycles. The van der Waals surface area contributed by atoms with Gasteiger partial charge in [0.25, 0.3) is 0 Å². The van der Waals surface area contributed by atoms with Gasteiger partial charge in [-0.25, -0.2) is 4.98 Å². The summed E-state index contributed by atoms with van der Waals surface area (Å²) in [4.78, 5) is 7.15. The Morgan fingerprint density at radius 1 is 0.447 bits per heavy atom. The second-order valence-corrected chi connectivity index (χ2v) is 12.1. The molecule has 9 aromatic rings. The zero-order valence-corrected chi connectivity index (χ0v) is 25.3. The average Bonchev–Trinajstić information content (AvgIpc) is 3.73. The molecule has 0 atom stereocenters. The van der Waals surface area contributed by atoms with Crippen molar-refractivity contribution in [3.05, 3.63) is 164 Å². The van der Waals surface area contributed by atoms with Gasteiger partial charge in [-0.2, -0.15) is 0 Å². The summed E-state index contributed by atoms with van der Waals surface area (Å²) in [7, 11) is 0. The van der Waals surface area contributed by atoms with Crippen molar-refractivity contribution in [1.29, 1.82) is 0 Å². The van der Waals surface area contributed by atoms with Gasteiger partial charge in [-0.15, -0.1) is 0 Å². The van der Waals surface area contributed by atoms with E-state index in [9.17, 15) is 0 Å². The summed E-state index contributed by atoms with van der Waals surface area (Å²) in [6.45, 7) is 0. The minimum Gasteiger partial charge on any atom is -0.436 e. The number of hydrogen-bond donors (Lipinski definition) is 0. The lowest BCUT2D eigenvalue weighted by molar-refractivity contribution is 0.620. The fourth-order valence-corrected chi connectivity index (χ4v) is 7.18. The van der Waals surface area contributed by atoms with Gasteiger partial charge in [-0.05, 0) is 95.1 Å². The number of para-hydroxylation sites is 4. The van der Waals surface area contributed by atoms with Crippen LogP contribution in [0.5, 0.6) is 0 Å². The van der Waals surface area contributed by atoms with Gasteiger partial charge >= 0.3 is 0 Å². The summed E-state index contributed by atoms with van der Waals surface area (Å²) in [5, 5.41) is 2.49. The second-order valence-electron chi connectivity index (χ2n) is 12.1. The average molecular weight is 602 g/mol. The highest BCUT2D eigenvalue weighted by Crippen LogP contribution is 2.51. The zero-order valence-electron chi connectivity index (χ0n) is 25.3. The third-order valence-electron chi connectivity index (χ3n) is 9.31. The van der Waals surface area contributed by atoms with Crippen LogP contribution in [0.3, 0.4) is 0 Å². The molecule has 47 heavy (non-hydrogen) atoms. The number of oxazole rings is 1. The normalized spacial score (nSPS) is 12.2. The van der Waals surface area contributed by atoms with Gasteiger partial charge in [-0.1, -0.05) is 91.0 Å². The van der Waals surface area contributed by atoms with Crippen LogP contribution in [0.1, 0.15) is 0 Å². The molecule has 7 aromatic carbocycles. The number of nitrogens with zero attached hydrogens (tertiary/aromatic N) is 3. The van der Waals surface area contributed by atoms with Crippen molar-refractivity contribution in [3.63, 3.8) is 0 Å². The zero-order chi connectivity index (χ0) is 30.9. The lowest BCUT2D eigenvalue weighted by Crippen LogP contribution is -2.18. The third kappa shape index (κ3) is 3.98. The van der Waals surface area contributed by atoms with Crippen LogP contribution in [0, 0.1) is 0 Å². The fourth-order valence-electron chi connectivity index (χ4n) is 7.18. The molecule has 3 heterocycles. The van der Waals surface area contributed by atoms with E-state index in [4.69, 9.17) is 9.40 Å². The molecule has 0 fully saturated rings. The molecule has 2 aromatic heterocycles. The molecule has 0 spiro atoms. The van der Waals surface area contributed by atoms with E-state index in [1.54, 1.807) is 0 Å². The third-order valence-corrected chi connectivity index (χ3v) is 9.31. The maximum absolute atomic E-state index is 6.22. The first kappa shape index (κ1) is 25.9. The molecule has 220 valence electrons. The summed E-state index contributed by atoms with van der Waals surface area (Å²) in [6, 6.07) is 58.0. The van der Waals surface area contributed by atoms with E-state index < -0.39 is 0 Å². The van der Waals surface area contributed by atoms with Crippen LogP contribution in [0.4, 0.5) is 17.1 Å². The predicted molar refractivity (Wildman–Crippen MR) is 193 cm³/mol. The van der Waals surface area contributed by atoms with E-state index in [0.717, 1.165) is 44.7 Å².